The lowest BCUT2D eigenvalue weighted by atomic mass is 10.1. The summed E-state index contributed by atoms with van der Waals surface area (Å²) < 4.78 is 0. The summed E-state index contributed by atoms with van der Waals surface area (Å²) in [6, 6.07) is -2.17. The van der Waals surface area contributed by atoms with Crippen molar-refractivity contribution >= 4 is 23.8 Å². The standard InChI is InChI=1S/C11H18N2O7/c1-12-6(2-4-8(14)15)10(18)13-7(11(19)20)3-5-9(16)17/h6-7,12H,2-5H2,1H3,(H,13,18)(H,14,15)(H,16,17)(H,19,20)/t6-,7-/m1/s1. The third-order valence-electron chi connectivity index (χ3n) is 2.57. The molecule has 0 aliphatic rings. The van der Waals surface area contributed by atoms with Crippen LogP contribution in [0, 0.1) is 0 Å². The highest BCUT2D eigenvalue weighted by atomic mass is 16.4. The van der Waals surface area contributed by atoms with E-state index in [0.29, 0.717) is 0 Å². The van der Waals surface area contributed by atoms with Crippen LogP contribution in [0.3, 0.4) is 0 Å². The van der Waals surface area contributed by atoms with Gasteiger partial charge in [0, 0.05) is 12.8 Å². The number of hydrogen-bond donors (Lipinski definition) is 5. The molecule has 0 heterocycles. The zero-order chi connectivity index (χ0) is 15.7. The molecule has 0 aliphatic carbocycles. The Kier molecular flexibility index (Phi) is 7.90. The molecule has 0 rings (SSSR count). The Labute approximate surface area is 115 Å². The minimum atomic E-state index is -1.34. The predicted molar refractivity (Wildman–Crippen MR) is 66.2 cm³/mol. The van der Waals surface area contributed by atoms with Crippen LogP contribution in [0.15, 0.2) is 0 Å². The molecule has 0 radical (unpaired) electrons. The van der Waals surface area contributed by atoms with Gasteiger partial charge in [-0.05, 0) is 19.9 Å². The minimum absolute atomic E-state index is 0.00291. The van der Waals surface area contributed by atoms with E-state index >= 15 is 0 Å². The van der Waals surface area contributed by atoms with Crippen LogP contribution in [0.25, 0.3) is 0 Å². The summed E-state index contributed by atoms with van der Waals surface area (Å²) in [7, 11) is 1.44. The lowest BCUT2D eigenvalue weighted by Gasteiger charge is -2.19. The Morgan fingerprint density at radius 3 is 1.70 bits per heavy atom. The van der Waals surface area contributed by atoms with Crippen LogP contribution in [-0.4, -0.2) is 58.3 Å². The van der Waals surface area contributed by atoms with Gasteiger partial charge in [0.05, 0.1) is 6.04 Å². The van der Waals surface area contributed by atoms with Gasteiger partial charge < -0.3 is 26.0 Å². The first-order chi connectivity index (χ1) is 9.27. The van der Waals surface area contributed by atoms with Gasteiger partial charge in [0.25, 0.3) is 0 Å². The molecule has 114 valence electrons. The second-order valence-corrected chi connectivity index (χ2v) is 4.11. The molecular weight excluding hydrogens is 272 g/mol. The molecule has 5 N–H and O–H groups in total. The number of aliphatic carboxylic acids is 3. The molecule has 0 aromatic carbocycles. The molecule has 9 nitrogen and oxygen atoms in total. The van der Waals surface area contributed by atoms with Gasteiger partial charge in [-0.3, -0.25) is 14.4 Å². The van der Waals surface area contributed by atoms with Crippen LogP contribution in [0.5, 0.6) is 0 Å². The molecule has 0 aliphatic heterocycles. The van der Waals surface area contributed by atoms with E-state index in [9.17, 15) is 19.2 Å². The van der Waals surface area contributed by atoms with Crippen molar-refractivity contribution in [1.29, 1.82) is 0 Å². The van der Waals surface area contributed by atoms with E-state index in [0.717, 1.165) is 0 Å². The highest BCUT2D eigenvalue weighted by molar-refractivity contribution is 5.87. The molecule has 1 amide bonds. The fraction of sp³-hybridized carbons (Fsp3) is 0.636. The largest absolute Gasteiger partial charge is 0.481 e. The Morgan fingerprint density at radius 1 is 0.900 bits per heavy atom. The van der Waals surface area contributed by atoms with Crippen LogP contribution in [-0.2, 0) is 19.2 Å². The topological polar surface area (TPSA) is 153 Å². The van der Waals surface area contributed by atoms with Crippen LogP contribution >= 0.6 is 0 Å². The number of carbonyl (C=O) groups excluding carboxylic acids is 1. The number of nitrogens with one attached hydrogen (secondary N) is 2. The normalized spacial score (nSPS) is 13.2. The summed E-state index contributed by atoms with van der Waals surface area (Å²) in [5.74, 6) is -4.25. The van der Waals surface area contributed by atoms with Crippen LogP contribution in [0.4, 0.5) is 0 Å². The second kappa shape index (κ2) is 8.86. The molecular formula is C11H18N2O7. The Morgan fingerprint density at radius 2 is 1.35 bits per heavy atom. The van der Waals surface area contributed by atoms with Crippen molar-refractivity contribution in [3.63, 3.8) is 0 Å². The van der Waals surface area contributed by atoms with E-state index in [2.05, 4.69) is 10.6 Å². The zero-order valence-electron chi connectivity index (χ0n) is 11.0. The molecule has 0 bridgehead atoms. The zero-order valence-corrected chi connectivity index (χ0v) is 11.0. The van der Waals surface area contributed by atoms with Crippen molar-refractivity contribution in [1.82, 2.24) is 10.6 Å². The molecule has 0 spiro atoms. The third-order valence-corrected chi connectivity index (χ3v) is 2.57. The van der Waals surface area contributed by atoms with Crippen molar-refractivity contribution in [3.8, 4) is 0 Å². The smallest absolute Gasteiger partial charge is 0.326 e. The summed E-state index contributed by atoms with van der Waals surface area (Å²) in [4.78, 5) is 43.5. The van der Waals surface area contributed by atoms with Gasteiger partial charge in [-0.15, -0.1) is 0 Å². The number of carboxylic acids is 3. The highest BCUT2D eigenvalue weighted by Crippen LogP contribution is 2.02. The first-order valence-corrected chi connectivity index (χ1v) is 5.92. The Bertz CT molecular complexity index is 383. The van der Waals surface area contributed by atoms with E-state index in [1.807, 2.05) is 0 Å². The molecule has 20 heavy (non-hydrogen) atoms. The van der Waals surface area contributed by atoms with E-state index in [1.54, 1.807) is 0 Å². The maximum Gasteiger partial charge on any atom is 0.326 e. The van der Waals surface area contributed by atoms with Crippen molar-refractivity contribution in [2.75, 3.05) is 7.05 Å². The summed E-state index contributed by atoms with van der Waals surface area (Å²) >= 11 is 0. The SMILES string of the molecule is CN[C@H](CCC(=O)O)C(=O)N[C@H](CCC(=O)O)C(=O)O. The number of hydrogen-bond acceptors (Lipinski definition) is 5. The van der Waals surface area contributed by atoms with Gasteiger partial charge in [0.1, 0.15) is 6.04 Å². The van der Waals surface area contributed by atoms with Crippen LogP contribution < -0.4 is 10.6 Å². The first kappa shape index (κ1) is 17.8. The van der Waals surface area contributed by atoms with Crippen molar-refractivity contribution in [2.45, 2.75) is 37.8 Å². The molecule has 2 atom stereocenters. The van der Waals surface area contributed by atoms with Gasteiger partial charge in [0.15, 0.2) is 0 Å². The summed E-state index contributed by atoms with van der Waals surface area (Å²) in [6.45, 7) is 0. The maximum atomic E-state index is 11.8. The molecule has 0 aromatic rings. The van der Waals surface area contributed by atoms with E-state index in [-0.39, 0.29) is 19.3 Å². The minimum Gasteiger partial charge on any atom is -0.481 e. The molecule has 0 saturated carbocycles. The average molecular weight is 290 g/mol. The van der Waals surface area contributed by atoms with Crippen molar-refractivity contribution in [3.05, 3.63) is 0 Å². The number of amides is 1. The van der Waals surface area contributed by atoms with Crippen LogP contribution in [0.1, 0.15) is 25.7 Å². The predicted octanol–water partition coefficient (Wildman–Crippen LogP) is -1.13. The van der Waals surface area contributed by atoms with Crippen LogP contribution in [0.2, 0.25) is 0 Å². The molecule has 0 saturated heterocycles. The highest BCUT2D eigenvalue weighted by Gasteiger charge is 2.25. The number of carboxylic acid groups (broad SMARTS) is 3. The van der Waals surface area contributed by atoms with Gasteiger partial charge in [-0.1, -0.05) is 0 Å². The molecule has 9 heteroatoms. The Balaban J connectivity index is 4.51. The fourth-order valence-corrected chi connectivity index (χ4v) is 1.47. The van der Waals surface area contributed by atoms with Crippen molar-refractivity contribution < 1.29 is 34.5 Å². The quantitative estimate of drug-likeness (QED) is 0.339. The van der Waals surface area contributed by atoms with Gasteiger partial charge in [0.2, 0.25) is 5.91 Å². The monoisotopic (exact) mass is 290 g/mol. The fourth-order valence-electron chi connectivity index (χ4n) is 1.47. The van der Waals surface area contributed by atoms with E-state index in [1.165, 1.54) is 7.05 Å². The molecule has 0 unspecified atom stereocenters. The van der Waals surface area contributed by atoms with Crippen molar-refractivity contribution in [2.24, 2.45) is 0 Å². The second-order valence-electron chi connectivity index (χ2n) is 4.11. The lowest BCUT2D eigenvalue weighted by molar-refractivity contribution is -0.144. The average Bonchev–Trinajstić information content (AvgIpc) is 2.34. The third kappa shape index (κ3) is 7.31. The summed E-state index contributed by atoms with van der Waals surface area (Å²) in [5, 5.41) is 30.7. The first-order valence-electron chi connectivity index (χ1n) is 5.92. The number of carbonyl (C=O) groups is 4. The summed E-state index contributed by atoms with van der Waals surface area (Å²) in [5.41, 5.74) is 0. The summed E-state index contributed by atoms with van der Waals surface area (Å²) in [6.07, 6.45) is -0.878. The molecule has 0 aromatic heterocycles. The van der Waals surface area contributed by atoms with Gasteiger partial charge >= 0.3 is 17.9 Å². The van der Waals surface area contributed by atoms with E-state index in [4.69, 9.17) is 15.3 Å². The maximum absolute atomic E-state index is 11.8. The number of rotatable bonds is 10. The molecule has 0 fully saturated rings. The van der Waals surface area contributed by atoms with E-state index < -0.39 is 42.3 Å². The van der Waals surface area contributed by atoms with Gasteiger partial charge in [-0.2, -0.15) is 0 Å². The lowest BCUT2D eigenvalue weighted by Crippen LogP contribution is -2.49. The Hall–Kier alpha value is -2.16. The van der Waals surface area contributed by atoms with Gasteiger partial charge in [-0.25, -0.2) is 4.79 Å². The number of likely N-dealkylation sites (N-methyl/N-ethyl adjacent to an activating group) is 1.